The van der Waals surface area contributed by atoms with Gasteiger partial charge in [0.15, 0.2) is 0 Å². The lowest BCUT2D eigenvalue weighted by Crippen LogP contribution is -3.10. The number of carbonyl (C=O) groups excluding carboxylic acids is 2. The monoisotopic (exact) mass is 339 g/mol. The van der Waals surface area contributed by atoms with Gasteiger partial charge in [0.2, 0.25) is 5.91 Å². The summed E-state index contributed by atoms with van der Waals surface area (Å²) >= 11 is 0. The number of nitrogens with one attached hydrogen (secondary N) is 1. The van der Waals surface area contributed by atoms with Gasteiger partial charge in [0.05, 0.1) is 12.6 Å². The van der Waals surface area contributed by atoms with Crippen LogP contribution in [0, 0.1) is 0 Å². The first kappa shape index (κ1) is 19.7. The van der Waals surface area contributed by atoms with Gasteiger partial charge in [-0.05, 0) is 39.0 Å². The molecular formula is C15H26F3N2O3+. The number of hydrogen-bond donors (Lipinski definition) is 2. The molecule has 5 nitrogen and oxygen atoms in total. The Hall–Kier alpha value is -1.31. The molecule has 1 fully saturated rings. The number of esters is 1. The molecule has 0 aromatic heterocycles. The minimum atomic E-state index is -4.94. The van der Waals surface area contributed by atoms with E-state index >= 15 is 0 Å². The zero-order valence-corrected chi connectivity index (χ0v) is 13.7. The van der Waals surface area contributed by atoms with Crippen LogP contribution in [0.5, 0.6) is 0 Å². The zero-order valence-electron chi connectivity index (χ0n) is 13.7. The molecule has 1 atom stereocenters. The third-order valence-electron chi connectivity index (χ3n) is 3.99. The molecule has 0 aromatic carbocycles. The molecule has 0 radical (unpaired) electrons. The third kappa shape index (κ3) is 5.09. The molecule has 0 aliphatic heterocycles. The maximum absolute atomic E-state index is 13.8. The van der Waals surface area contributed by atoms with Gasteiger partial charge in [-0.1, -0.05) is 13.3 Å². The molecule has 0 aromatic rings. The largest absolute Gasteiger partial charge is 0.478 e. The van der Waals surface area contributed by atoms with E-state index in [0.717, 1.165) is 24.6 Å². The van der Waals surface area contributed by atoms with Crippen molar-refractivity contribution in [2.45, 2.75) is 76.7 Å². The van der Waals surface area contributed by atoms with Gasteiger partial charge in [-0.15, -0.1) is 0 Å². The number of alkyl halides is 3. The molecular weight excluding hydrogens is 313 g/mol. The zero-order chi connectivity index (χ0) is 17.5. The lowest BCUT2D eigenvalue weighted by atomic mass is 9.93. The molecule has 23 heavy (non-hydrogen) atoms. The van der Waals surface area contributed by atoms with Gasteiger partial charge in [0.25, 0.3) is 0 Å². The topological polar surface area (TPSA) is 72.0 Å². The van der Waals surface area contributed by atoms with Crippen molar-refractivity contribution in [2.24, 2.45) is 0 Å². The Balaban J connectivity index is 3.10. The first-order valence-corrected chi connectivity index (χ1v) is 8.17. The molecule has 134 valence electrons. The van der Waals surface area contributed by atoms with Crippen LogP contribution in [0.25, 0.3) is 0 Å². The van der Waals surface area contributed by atoms with Gasteiger partial charge in [-0.2, -0.15) is 13.2 Å². The van der Waals surface area contributed by atoms with Crippen molar-refractivity contribution in [1.29, 1.82) is 0 Å². The number of halogens is 3. The van der Waals surface area contributed by atoms with E-state index < -0.39 is 23.7 Å². The molecule has 0 saturated heterocycles. The van der Waals surface area contributed by atoms with E-state index in [-0.39, 0.29) is 19.1 Å². The minimum Gasteiger partial charge on any atom is -0.460 e. The van der Waals surface area contributed by atoms with Crippen molar-refractivity contribution in [3.05, 3.63) is 0 Å². The van der Waals surface area contributed by atoms with Crippen molar-refractivity contribution >= 4 is 11.9 Å². The van der Waals surface area contributed by atoms with Gasteiger partial charge in [-0.3, -0.25) is 10.1 Å². The fraction of sp³-hybridized carbons (Fsp3) is 0.867. The van der Waals surface area contributed by atoms with Crippen LogP contribution in [-0.2, 0) is 14.3 Å². The summed E-state index contributed by atoms with van der Waals surface area (Å²) in [6.45, 7) is 2.94. The predicted molar refractivity (Wildman–Crippen MR) is 77.3 cm³/mol. The quantitative estimate of drug-likeness (QED) is 0.547. The molecule has 1 saturated carbocycles. The summed E-state index contributed by atoms with van der Waals surface area (Å²) in [6.07, 6.45) is -0.837. The summed E-state index contributed by atoms with van der Waals surface area (Å²) in [5.74, 6) is -2.26. The second-order valence-electron chi connectivity index (χ2n) is 5.89. The van der Waals surface area contributed by atoms with Crippen molar-refractivity contribution in [1.82, 2.24) is 5.32 Å². The maximum atomic E-state index is 13.8. The minimum absolute atomic E-state index is 0.0737. The summed E-state index contributed by atoms with van der Waals surface area (Å²) in [5.41, 5.74) is -3.06. The van der Waals surface area contributed by atoms with E-state index in [2.05, 4.69) is 4.74 Å². The average Bonchev–Trinajstić information content (AvgIpc) is 2.46. The fourth-order valence-electron chi connectivity index (χ4n) is 2.85. The van der Waals surface area contributed by atoms with Crippen molar-refractivity contribution in [3.8, 4) is 0 Å². The molecule has 0 unspecified atom stereocenters. The number of rotatable bonds is 7. The highest BCUT2D eigenvalue weighted by Gasteiger charge is 2.68. The normalized spacial score (nSPS) is 19.0. The lowest BCUT2D eigenvalue weighted by Gasteiger charge is -2.35. The number of carbonyl (C=O) groups is 2. The van der Waals surface area contributed by atoms with E-state index in [0.29, 0.717) is 19.3 Å². The second-order valence-corrected chi connectivity index (χ2v) is 5.89. The van der Waals surface area contributed by atoms with Gasteiger partial charge in [0, 0.05) is 6.42 Å². The van der Waals surface area contributed by atoms with Crippen LogP contribution in [0.4, 0.5) is 13.2 Å². The lowest BCUT2D eigenvalue weighted by molar-refractivity contribution is -0.773. The number of ether oxygens (including phenoxy) is 1. The van der Waals surface area contributed by atoms with Crippen LogP contribution in [-0.4, -0.2) is 36.4 Å². The molecule has 0 spiro atoms. The van der Waals surface area contributed by atoms with Crippen molar-refractivity contribution in [3.63, 3.8) is 0 Å². The molecule has 3 N–H and O–H groups in total. The Morgan fingerprint density at radius 3 is 2.26 bits per heavy atom. The van der Waals surface area contributed by atoms with Crippen LogP contribution >= 0.6 is 0 Å². The number of hydrogen-bond acceptors (Lipinski definition) is 3. The number of nitrogens with two attached hydrogens (primary N) is 1. The predicted octanol–water partition coefficient (Wildman–Crippen LogP) is 1.62. The Bertz CT molecular complexity index is 409. The van der Waals surface area contributed by atoms with E-state index in [1.165, 1.54) is 6.92 Å². The van der Waals surface area contributed by atoms with Crippen LogP contribution in [0.2, 0.25) is 0 Å². The number of amides is 1. The smallest absolute Gasteiger partial charge is 0.460 e. The molecule has 0 heterocycles. The van der Waals surface area contributed by atoms with E-state index in [1.807, 2.05) is 5.32 Å². The summed E-state index contributed by atoms with van der Waals surface area (Å²) in [5, 5.41) is 2.87. The summed E-state index contributed by atoms with van der Waals surface area (Å²) in [7, 11) is 0. The first-order chi connectivity index (χ1) is 10.8. The van der Waals surface area contributed by atoms with E-state index in [9.17, 15) is 22.8 Å². The van der Waals surface area contributed by atoms with Crippen LogP contribution in [0.1, 0.15) is 58.8 Å². The Labute approximate surface area is 134 Å². The van der Waals surface area contributed by atoms with Crippen LogP contribution < -0.4 is 10.6 Å². The van der Waals surface area contributed by atoms with Crippen LogP contribution in [0.3, 0.4) is 0 Å². The van der Waals surface area contributed by atoms with Crippen molar-refractivity contribution < 1.29 is 32.8 Å². The van der Waals surface area contributed by atoms with Gasteiger partial charge < -0.3 is 10.1 Å². The summed E-state index contributed by atoms with van der Waals surface area (Å²) < 4.78 is 45.9. The van der Waals surface area contributed by atoms with E-state index in [4.69, 9.17) is 0 Å². The molecule has 0 bridgehead atoms. The highest BCUT2D eigenvalue weighted by molar-refractivity contribution is 5.87. The SMILES string of the molecule is CCCC(=O)N[C@]([NH2+]C1CCCCC1)(C(=O)OCC)C(F)(F)F. The van der Waals surface area contributed by atoms with E-state index in [1.54, 1.807) is 6.92 Å². The Morgan fingerprint density at radius 1 is 1.17 bits per heavy atom. The first-order valence-electron chi connectivity index (χ1n) is 8.17. The molecule has 1 aliphatic carbocycles. The highest BCUT2D eigenvalue weighted by atomic mass is 19.4. The molecule has 8 heteroatoms. The molecule has 1 aliphatic rings. The van der Waals surface area contributed by atoms with Gasteiger partial charge in [-0.25, -0.2) is 4.79 Å². The molecule has 1 rings (SSSR count). The maximum Gasteiger partial charge on any atom is 0.478 e. The second kappa shape index (κ2) is 8.52. The van der Waals surface area contributed by atoms with Gasteiger partial charge >= 0.3 is 17.8 Å². The van der Waals surface area contributed by atoms with Crippen LogP contribution in [0.15, 0.2) is 0 Å². The Kier molecular flexibility index (Phi) is 7.31. The fourth-order valence-corrected chi connectivity index (χ4v) is 2.85. The molecule has 1 amide bonds. The number of quaternary nitrogens is 1. The highest BCUT2D eigenvalue weighted by Crippen LogP contribution is 2.28. The Morgan fingerprint density at radius 2 is 1.78 bits per heavy atom. The summed E-state index contributed by atoms with van der Waals surface area (Å²) in [6, 6.07) is -0.364. The summed E-state index contributed by atoms with van der Waals surface area (Å²) in [4.78, 5) is 24.0. The van der Waals surface area contributed by atoms with Crippen molar-refractivity contribution in [2.75, 3.05) is 6.61 Å². The average molecular weight is 339 g/mol. The standard InChI is InChI=1S/C15H25F3N2O3/c1-3-8-12(21)20-14(15(16,17)18,13(22)23-4-2)19-11-9-6-5-7-10-11/h11,19H,3-10H2,1-2H3,(H,20,21)/p+1/t14-/m1/s1. The van der Waals surface area contributed by atoms with Gasteiger partial charge in [0.1, 0.15) is 0 Å². The third-order valence-corrected chi connectivity index (χ3v) is 3.99.